The number of fused-ring (bicyclic) bond motifs is 1. The molecule has 26 heavy (non-hydrogen) atoms. The molecule has 2 aliphatic heterocycles. The Bertz CT molecular complexity index is 659. The summed E-state index contributed by atoms with van der Waals surface area (Å²) in [5.74, 6) is 1.75. The van der Waals surface area contributed by atoms with E-state index in [-0.39, 0.29) is 29.7 Å². The molecule has 1 aromatic rings. The third kappa shape index (κ3) is 4.23. The van der Waals surface area contributed by atoms with Gasteiger partial charge in [-0.15, -0.1) is 0 Å². The van der Waals surface area contributed by atoms with Crippen LogP contribution in [0.4, 0.5) is 4.79 Å². The quantitative estimate of drug-likeness (QED) is 0.896. The average Bonchev–Trinajstić information content (AvgIpc) is 2.57. The molecule has 1 N–H and O–H groups in total. The van der Waals surface area contributed by atoms with Crippen LogP contribution in [0.2, 0.25) is 0 Å². The number of rotatable bonds is 3. The maximum atomic E-state index is 12.9. The monoisotopic (exact) mass is 362 g/mol. The van der Waals surface area contributed by atoms with E-state index in [9.17, 15) is 4.79 Å². The molecule has 2 amide bonds. The zero-order chi connectivity index (χ0) is 18.9. The molecule has 6 nitrogen and oxygen atoms in total. The molecule has 0 spiro atoms. The van der Waals surface area contributed by atoms with E-state index in [1.165, 1.54) is 0 Å². The van der Waals surface area contributed by atoms with Crippen molar-refractivity contribution in [2.24, 2.45) is 5.92 Å². The van der Waals surface area contributed by atoms with Gasteiger partial charge in [0.2, 0.25) is 0 Å². The highest BCUT2D eigenvalue weighted by Gasteiger charge is 2.34. The van der Waals surface area contributed by atoms with Crippen molar-refractivity contribution in [1.29, 1.82) is 0 Å². The Morgan fingerprint density at radius 1 is 1.23 bits per heavy atom. The van der Waals surface area contributed by atoms with Crippen LogP contribution in [0.3, 0.4) is 0 Å². The van der Waals surface area contributed by atoms with Crippen LogP contribution in [-0.4, -0.2) is 48.9 Å². The molecule has 0 aliphatic carbocycles. The fourth-order valence-corrected chi connectivity index (χ4v) is 3.72. The summed E-state index contributed by atoms with van der Waals surface area (Å²) >= 11 is 0. The Kier molecular flexibility index (Phi) is 5.32. The summed E-state index contributed by atoms with van der Waals surface area (Å²) in [6.45, 7) is 12.5. The molecular formula is C20H30N2O4. The first kappa shape index (κ1) is 18.8. The number of ether oxygens (including phenoxy) is 3. The molecule has 1 saturated heterocycles. The van der Waals surface area contributed by atoms with Gasteiger partial charge >= 0.3 is 6.03 Å². The van der Waals surface area contributed by atoms with Gasteiger partial charge in [-0.2, -0.15) is 0 Å². The molecule has 2 atom stereocenters. The maximum absolute atomic E-state index is 12.9. The van der Waals surface area contributed by atoms with Gasteiger partial charge in [0, 0.05) is 6.54 Å². The van der Waals surface area contributed by atoms with Crippen LogP contribution in [0.15, 0.2) is 18.2 Å². The normalized spacial score (nSPS) is 22.8. The smallest absolute Gasteiger partial charge is 0.318 e. The summed E-state index contributed by atoms with van der Waals surface area (Å²) in [6.07, 6.45) is 0.0243. The SMILES string of the molecule is CC1CN(C(=O)NC(c2ccc3c(c2)OCCO3)C(C)C)CC(C)(C)O1. The molecule has 0 saturated carbocycles. The van der Waals surface area contributed by atoms with Crippen LogP contribution < -0.4 is 14.8 Å². The zero-order valence-corrected chi connectivity index (χ0v) is 16.4. The van der Waals surface area contributed by atoms with E-state index in [0.717, 1.165) is 17.1 Å². The van der Waals surface area contributed by atoms with Gasteiger partial charge in [-0.05, 0) is 44.4 Å². The molecule has 1 aromatic carbocycles. The van der Waals surface area contributed by atoms with E-state index >= 15 is 0 Å². The van der Waals surface area contributed by atoms with E-state index < -0.39 is 0 Å². The van der Waals surface area contributed by atoms with E-state index in [0.29, 0.717) is 26.3 Å². The minimum atomic E-state index is -0.334. The number of benzene rings is 1. The summed E-state index contributed by atoms with van der Waals surface area (Å²) in [5, 5.41) is 3.20. The third-order valence-corrected chi connectivity index (χ3v) is 4.73. The topological polar surface area (TPSA) is 60.0 Å². The number of carbonyl (C=O) groups excluding carboxylic acids is 1. The van der Waals surface area contributed by atoms with Gasteiger partial charge in [0.25, 0.3) is 0 Å². The first-order valence-corrected chi connectivity index (χ1v) is 9.38. The second-order valence-corrected chi connectivity index (χ2v) is 8.14. The standard InChI is InChI=1S/C20H30N2O4/c1-13(2)18(15-6-7-16-17(10-15)25-9-8-24-16)21-19(23)22-11-14(3)26-20(4,5)12-22/h6-7,10,13-14,18H,8-9,11-12H2,1-5H3,(H,21,23). The summed E-state index contributed by atoms with van der Waals surface area (Å²) < 4.78 is 17.2. The number of carbonyl (C=O) groups is 1. The number of urea groups is 1. The van der Waals surface area contributed by atoms with Gasteiger partial charge in [0.05, 0.1) is 24.3 Å². The Morgan fingerprint density at radius 3 is 2.58 bits per heavy atom. The van der Waals surface area contributed by atoms with Crippen molar-refractivity contribution in [1.82, 2.24) is 10.2 Å². The predicted octanol–water partition coefficient (Wildman–Crippen LogP) is 3.36. The number of hydrogen-bond acceptors (Lipinski definition) is 4. The molecule has 3 rings (SSSR count). The summed E-state index contributed by atoms with van der Waals surface area (Å²) in [5.41, 5.74) is 0.692. The lowest BCUT2D eigenvalue weighted by Crippen LogP contribution is -2.56. The number of morpholine rings is 1. The molecule has 6 heteroatoms. The van der Waals surface area contributed by atoms with E-state index in [2.05, 4.69) is 19.2 Å². The fourth-order valence-electron chi connectivity index (χ4n) is 3.72. The first-order chi connectivity index (χ1) is 12.2. The van der Waals surface area contributed by atoms with E-state index in [1.807, 2.05) is 43.9 Å². The van der Waals surface area contributed by atoms with Gasteiger partial charge in [-0.25, -0.2) is 4.79 Å². The highest BCUT2D eigenvalue weighted by Crippen LogP contribution is 2.34. The molecular weight excluding hydrogens is 332 g/mol. The molecule has 0 aromatic heterocycles. The van der Waals surface area contributed by atoms with Crippen LogP contribution in [0.1, 0.15) is 46.2 Å². The molecule has 0 bridgehead atoms. The minimum Gasteiger partial charge on any atom is -0.486 e. The number of nitrogens with zero attached hydrogens (tertiary/aromatic N) is 1. The van der Waals surface area contributed by atoms with Crippen LogP contribution in [0.25, 0.3) is 0 Å². The fraction of sp³-hybridized carbons (Fsp3) is 0.650. The lowest BCUT2D eigenvalue weighted by molar-refractivity contribution is -0.117. The summed E-state index contributed by atoms with van der Waals surface area (Å²) in [6, 6.07) is 5.75. The largest absolute Gasteiger partial charge is 0.486 e. The second-order valence-electron chi connectivity index (χ2n) is 8.14. The van der Waals surface area contributed by atoms with Gasteiger partial charge in [0.1, 0.15) is 13.2 Å². The number of amides is 2. The lowest BCUT2D eigenvalue weighted by atomic mass is 9.95. The van der Waals surface area contributed by atoms with Crippen molar-refractivity contribution in [3.05, 3.63) is 23.8 Å². The minimum absolute atomic E-state index is 0.0243. The van der Waals surface area contributed by atoms with Crippen LogP contribution in [0, 0.1) is 5.92 Å². The van der Waals surface area contributed by atoms with Crippen molar-refractivity contribution >= 4 is 6.03 Å². The van der Waals surface area contributed by atoms with Crippen molar-refractivity contribution in [2.75, 3.05) is 26.3 Å². The Balaban J connectivity index is 1.75. The molecule has 1 fully saturated rings. The van der Waals surface area contributed by atoms with Gasteiger partial charge < -0.3 is 24.4 Å². The Labute approximate surface area is 155 Å². The highest BCUT2D eigenvalue weighted by atomic mass is 16.6. The molecule has 2 heterocycles. The zero-order valence-electron chi connectivity index (χ0n) is 16.4. The van der Waals surface area contributed by atoms with E-state index in [1.54, 1.807) is 0 Å². The maximum Gasteiger partial charge on any atom is 0.318 e. The number of hydrogen-bond donors (Lipinski definition) is 1. The van der Waals surface area contributed by atoms with Crippen molar-refractivity contribution in [2.45, 2.75) is 52.4 Å². The first-order valence-electron chi connectivity index (χ1n) is 9.38. The Hall–Kier alpha value is -1.95. The summed E-state index contributed by atoms with van der Waals surface area (Å²) in [7, 11) is 0. The van der Waals surface area contributed by atoms with E-state index in [4.69, 9.17) is 14.2 Å². The van der Waals surface area contributed by atoms with Gasteiger partial charge in [-0.1, -0.05) is 19.9 Å². The third-order valence-electron chi connectivity index (χ3n) is 4.73. The number of nitrogens with one attached hydrogen (secondary N) is 1. The van der Waals surface area contributed by atoms with Crippen LogP contribution in [0.5, 0.6) is 11.5 Å². The second kappa shape index (κ2) is 7.35. The van der Waals surface area contributed by atoms with Gasteiger partial charge in [-0.3, -0.25) is 0 Å². The molecule has 2 unspecified atom stereocenters. The highest BCUT2D eigenvalue weighted by molar-refractivity contribution is 5.75. The molecule has 144 valence electrons. The van der Waals surface area contributed by atoms with Crippen molar-refractivity contribution in [3.63, 3.8) is 0 Å². The molecule has 0 radical (unpaired) electrons. The van der Waals surface area contributed by atoms with Crippen LogP contribution in [-0.2, 0) is 4.74 Å². The Morgan fingerprint density at radius 2 is 1.92 bits per heavy atom. The van der Waals surface area contributed by atoms with Crippen molar-refractivity contribution in [3.8, 4) is 11.5 Å². The van der Waals surface area contributed by atoms with Crippen molar-refractivity contribution < 1.29 is 19.0 Å². The van der Waals surface area contributed by atoms with Crippen LogP contribution >= 0.6 is 0 Å². The average molecular weight is 362 g/mol. The summed E-state index contributed by atoms with van der Waals surface area (Å²) in [4.78, 5) is 14.8. The molecule has 2 aliphatic rings. The predicted molar refractivity (Wildman–Crippen MR) is 99.7 cm³/mol. The van der Waals surface area contributed by atoms with Gasteiger partial charge in [0.15, 0.2) is 11.5 Å². The lowest BCUT2D eigenvalue weighted by Gasteiger charge is -2.42.